The van der Waals surface area contributed by atoms with Crippen molar-refractivity contribution in [3.8, 4) is 5.75 Å². The van der Waals surface area contributed by atoms with Crippen molar-refractivity contribution < 1.29 is 41.8 Å². The van der Waals surface area contributed by atoms with Crippen molar-refractivity contribution in [2.45, 2.75) is 35.7 Å². The molecule has 53 heavy (non-hydrogen) atoms. The maximum absolute atomic E-state index is 14.1. The minimum absolute atomic E-state index is 0.230. The normalized spacial score (nSPS) is 25.5. The lowest BCUT2D eigenvalue weighted by Gasteiger charge is -2.43. The molecule has 2 aliphatic heterocycles. The number of fused-ring (bicyclic) bond motifs is 9. The fourth-order valence-corrected chi connectivity index (χ4v) is 11.9. The van der Waals surface area contributed by atoms with Crippen LogP contribution in [0, 0.1) is 29.6 Å². The molecule has 10 nitrogen and oxygen atoms in total. The van der Waals surface area contributed by atoms with Gasteiger partial charge in [-0.15, -0.1) is 11.8 Å². The second-order valence-corrected chi connectivity index (χ2v) is 16.4. The summed E-state index contributed by atoms with van der Waals surface area (Å²) < 4.78 is 54.0. The van der Waals surface area contributed by atoms with Gasteiger partial charge < -0.3 is 19.8 Å². The maximum Gasteiger partial charge on any atom is 0.418 e. The summed E-state index contributed by atoms with van der Waals surface area (Å²) in [4.78, 5) is 70.1. The molecule has 274 valence electrons. The van der Waals surface area contributed by atoms with Crippen LogP contribution in [0.2, 0.25) is 0 Å². The minimum Gasteiger partial charge on any atom is -0.483 e. The molecular formula is C37H29BrF3N3O7S2. The zero-order chi connectivity index (χ0) is 37.3. The second-order valence-electron chi connectivity index (χ2n) is 13.3. The highest BCUT2D eigenvalue weighted by Crippen LogP contribution is 2.69. The number of para-hydroxylation sites is 1. The van der Waals surface area contributed by atoms with E-state index in [2.05, 4.69) is 26.2 Å². The largest absolute Gasteiger partial charge is 0.483 e. The molecule has 0 spiro atoms. The van der Waals surface area contributed by atoms with Crippen molar-refractivity contribution in [3.63, 3.8) is 0 Å². The minimum atomic E-state index is -4.77. The van der Waals surface area contributed by atoms with Gasteiger partial charge in [0.05, 0.1) is 40.3 Å². The van der Waals surface area contributed by atoms with Gasteiger partial charge >= 0.3 is 17.0 Å². The number of nitrogens with one attached hydrogen (secondary N) is 2. The molecule has 0 radical (unpaired) electrons. The smallest absolute Gasteiger partial charge is 0.418 e. The number of esters is 1. The molecule has 2 N–H and O–H groups in total. The molecule has 1 saturated heterocycles. The van der Waals surface area contributed by atoms with E-state index in [1.165, 1.54) is 36.0 Å². The van der Waals surface area contributed by atoms with Crippen molar-refractivity contribution in [1.29, 1.82) is 0 Å². The number of benzene rings is 3. The van der Waals surface area contributed by atoms with Crippen LogP contribution in [0.4, 0.5) is 24.5 Å². The van der Waals surface area contributed by atoms with Crippen LogP contribution < -0.4 is 19.8 Å². The van der Waals surface area contributed by atoms with Gasteiger partial charge in [0.25, 0.3) is 5.91 Å². The number of H-pyrrole nitrogens is 1. The van der Waals surface area contributed by atoms with Crippen LogP contribution in [0.15, 0.2) is 81.0 Å². The lowest BCUT2D eigenvalue weighted by Crippen LogP contribution is -2.42. The fourth-order valence-electron chi connectivity index (χ4n) is 8.65. The standard InChI is InChI=1S/C37H29BrF3N3O7S2/c1-2-50-35(48)16-7-10-18(11-8-16)42-25(45)15-51-24-12-9-17(38)13-19(24)26-27-20-14-21(30(27)52-32-31(26)53-36(49)43-32)29-28(20)33(46)44(34(29)47)23-6-4-3-5-22(23)37(39,40)41/h3-13,20-21,26-30H,2,14-15H2,1H3,(H,42,45)(H,43,49)/t20?,21?,26-,27?,28?,29?,30?/m1/s1. The third-order valence-corrected chi connectivity index (χ3v) is 13.6. The number of ether oxygens (including phenoxy) is 2. The highest BCUT2D eigenvalue weighted by atomic mass is 79.9. The van der Waals surface area contributed by atoms with Gasteiger partial charge in [0.15, 0.2) is 6.61 Å². The number of nitrogens with zero attached hydrogens (tertiary/aromatic N) is 1. The summed E-state index contributed by atoms with van der Waals surface area (Å²) in [5, 5.41) is 3.16. The fraction of sp³-hybridized carbons (Fsp3) is 0.324. The molecule has 1 aromatic heterocycles. The Morgan fingerprint density at radius 2 is 1.72 bits per heavy atom. The van der Waals surface area contributed by atoms with Gasteiger partial charge in [-0.2, -0.15) is 13.2 Å². The Kier molecular flexibility index (Phi) is 9.05. The SMILES string of the molecule is CCOC(=O)c1ccc(NC(=O)COc2ccc(Br)cc2[C@H]2c3sc(=O)[nH]c3SC3C4CC(C5C(=O)N(c6ccccc6C(F)(F)F)C(=O)C45)C32)cc1. The molecular weight excluding hydrogens is 799 g/mol. The first-order valence-electron chi connectivity index (χ1n) is 16.8. The lowest BCUT2D eigenvalue weighted by atomic mass is 9.68. The molecule has 2 aliphatic carbocycles. The highest BCUT2D eigenvalue weighted by molar-refractivity contribution is 9.10. The van der Waals surface area contributed by atoms with Crippen molar-refractivity contribution in [2.75, 3.05) is 23.4 Å². The number of aromatic nitrogens is 1. The number of aromatic amines is 1. The predicted molar refractivity (Wildman–Crippen MR) is 193 cm³/mol. The summed E-state index contributed by atoms with van der Waals surface area (Å²) in [6.07, 6.45) is -4.24. The number of imide groups is 1. The van der Waals surface area contributed by atoms with Gasteiger partial charge in [-0.25, -0.2) is 9.69 Å². The van der Waals surface area contributed by atoms with Gasteiger partial charge in [-0.05, 0) is 85.7 Å². The first-order chi connectivity index (χ1) is 25.3. The Labute approximate surface area is 316 Å². The van der Waals surface area contributed by atoms with Crippen molar-refractivity contribution in [1.82, 2.24) is 4.98 Å². The van der Waals surface area contributed by atoms with Gasteiger partial charge in [-0.1, -0.05) is 39.4 Å². The third kappa shape index (κ3) is 6.08. The van der Waals surface area contributed by atoms with E-state index in [9.17, 15) is 37.1 Å². The van der Waals surface area contributed by atoms with Crippen LogP contribution >= 0.6 is 39.0 Å². The average molecular weight is 829 g/mol. The molecule has 8 rings (SSSR count). The van der Waals surface area contributed by atoms with Crippen LogP contribution in [-0.2, 0) is 25.3 Å². The van der Waals surface area contributed by atoms with E-state index < -0.39 is 58.9 Å². The number of anilines is 2. The van der Waals surface area contributed by atoms with Crippen LogP contribution in [0.1, 0.15) is 45.6 Å². The predicted octanol–water partition coefficient (Wildman–Crippen LogP) is 7.09. The monoisotopic (exact) mass is 827 g/mol. The molecule has 4 aromatic rings. The molecule has 16 heteroatoms. The number of hydrogen-bond donors (Lipinski definition) is 2. The van der Waals surface area contributed by atoms with Gasteiger partial charge in [0.1, 0.15) is 5.75 Å². The number of rotatable bonds is 8. The zero-order valence-corrected chi connectivity index (χ0v) is 30.9. The van der Waals surface area contributed by atoms with Crippen LogP contribution in [0.3, 0.4) is 0 Å². The molecule has 2 bridgehead atoms. The Morgan fingerprint density at radius 3 is 2.43 bits per heavy atom. The van der Waals surface area contributed by atoms with Crippen molar-refractivity contribution in [3.05, 3.63) is 102 Å². The van der Waals surface area contributed by atoms with E-state index in [1.807, 2.05) is 6.07 Å². The average Bonchev–Trinajstić information content (AvgIpc) is 3.86. The Balaban J connectivity index is 1.10. The first kappa shape index (κ1) is 35.6. The summed E-state index contributed by atoms with van der Waals surface area (Å²) in [5.74, 6) is -4.91. The number of thioether (sulfide) groups is 1. The Hall–Kier alpha value is -4.41. The highest BCUT2D eigenvalue weighted by Gasteiger charge is 2.70. The van der Waals surface area contributed by atoms with E-state index in [0.29, 0.717) is 38.5 Å². The number of hydrogen-bond acceptors (Lipinski definition) is 9. The maximum atomic E-state index is 14.1. The van der Waals surface area contributed by atoms with E-state index in [-0.39, 0.29) is 41.1 Å². The molecule has 3 amide bonds. The number of alkyl halides is 3. The van der Waals surface area contributed by atoms with E-state index in [1.54, 1.807) is 31.2 Å². The summed E-state index contributed by atoms with van der Waals surface area (Å²) >= 11 is 6.05. The van der Waals surface area contributed by atoms with E-state index in [4.69, 9.17) is 9.47 Å². The summed E-state index contributed by atoms with van der Waals surface area (Å²) in [5.41, 5.74) is -0.0680. The summed E-state index contributed by atoms with van der Waals surface area (Å²) in [6.45, 7) is 1.56. The van der Waals surface area contributed by atoms with Gasteiger partial charge in [0, 0.05) is 31.8 Å². The van der Waals surface area contributed by atoms with E-state index >= 15 is 0 Å². The summed E-state index contributed by atoms with van der Waals surface area (Å²) in [7, 11) is 0. The number of carbonyl (C=O) groups is 4. The molecule has 3 aromatic carbocycles. The molecule has 4 aliphatic rings. The molecule has 7 atom stereocenters. The molecule has 3 heterocycles. The zero-order valence-electron chi connectivity index (χ0n) is 27.6. The van der Waals surface area contributed by atoms with Gasteiger partial charge in [-0.3, -0.25) is 19.2 Å². The molecule has 2 saturated carbocycles. The topological polar surface area (TPSA) is 135 Å². The Bertz CT molecular complexity index is 2230. The molecule has 6 unspecified atom stereocenters. The number of amides is 3. The number of thiazole rings is 1. The number of carbonyl (C=O) groups excluding carboxylic acids is 4. The van der Waals surface area contributed by atoms with Crippen LogP contribution in [-0.4, -0.2) is 47.1 Å². The second kappa shape index (κ2) is 13.5. The Morgan fingerprint density at radius 1 is 1.00 bits per heavy atom. The van der Waals surface area contributed by atoms with Crippen LogP contribution in [0.5, 0.6) is 5.75 Å². The third-order valence-electron chi connectivity index (χ3n) is 10.5. The first-order valence-corrected chi connectivity index (χ1v) is 19.3. The summed E-state index contributed by atoms with van der Waals surface area (Å²) in [6, 6.07) is 16.2. The van der Waals surface area contributed by atoms with Crippen LogP contribution in [0.25, 0.3) is 0 Å². The van der Waals surface area contributed by atoms with Crippen molar-refractivity contribution in [2.24, 2.45) is 29.6 Å². The van der Waals surface area contributed by atoms with Crippen molar-refractivity contribution >= 4 is 74.1 Å². The lowest BCUT2D eigenvalue weighted by molar-refractivity contribution is -0.137. The number of halogens is 4. The quantitative estimate of drug-likeness (QED) is 0.142. The molecule has 3 fully saturated rings. The van der Waals surface area contributed by atoms with E-state index in [0.717, 1.165) is 33.2 Å². The van der Waals surface area contributed by atoms with Gasteiger partial charge in [0.2, 0.25) is 11.8 Å².